The van der Waals surface area contributed by atoms with Crippen LogP contribution in [0, 0.1) is 6.92 Å². The van der Waals surface area contributed by atoms with Crippen LogP contribution in [0.25, 0.3) is 11.4 Å². The van der Waals surface area contributed by atoms with Crippen LogP contribution in [0.15, 0.2) is 45.6 Å². The van der Waals surface area contributed by atoms with E-state index >= 15 is 0 Å². The Hall–Kier alpha value is -2.67. The average molecular weight is 357 g/mol. The third-order valence-electron chi connectivity index (χ3n) is 3.50. The Labute approximate surface area is 149 Å². The number of hydrogen-bond acceptors (Lipinski definition) is 6. The molecule has 2 aromatic heterocycles. The Morgan fingerprint density at radius 2 is 2.28 bits per heavy atom. The molecule has 1 aromatic carbocycles. The van der Waals surface area contributed by atoms with Crippen molar-refractivity contribution in [1.29, 1.82) is 0 Å². The maximum atomic E-state index is 11.9. The molecule has 25 heavy (non-hydrogen) atoms. The molecule has 0 unspecified atom stereocenters. The zero-order chi connectivity index (χ0) is 17.5. The van der Waals surface area contributed by atoms with E-state index < -0.39 is 0 Å². The number of rotatable bonds is 8. The summed E-state index contributed by atoms with van der Waals surface area (Å²) in [6.45, 7) is 2.89. The van der Waals surface area contributed by atoms with E-state index in [0.29, 0.717) is 37.7 Å². The topological polar surface area (TPSA) is 77.2 Å². The van der Waals surface area contributed by atoms with E-state index in [2.05, 4.69) is 15.5 Å². The minimum atomic E-state index is -0.0666. The number of ether oxygens (including phenoxy) is 1. The Morgan fingerprint density at radius 3 is 3.08 bits per heavy atom. The summed E-state index contributed by atoms with van der Waals surface area (Å²) in [6, 6.07) is 9.74. The van der Waals surface area contributed by atoms with Gasteiger partial charge in [0.2, 0.25) is 17.6 Å². The molecule has 0 bridgehead atoms. The first-order valence-corrected chi connectivity index (χ1v) is 8.96. The standard InChI is InChI=1S/C18H19N3O3S/c1-13-3-2-4-15(11-13)23-9-8-19-16(22)5-6-17-20-18(21-24-17)14-7-10-25-12-14/h2-4,7,10-12H,5-6,8-9H2,1H3,(H,19,22). The summed E-state index contributed by atoms with van der Waals surface area (Å²) in [7, 11) is 0. The first kappa shape index (κ1) is 17.2. The van der Waals surface area contributed by atoms with Crippen molar-refractivity contribution in [1.82, 2.24) is 15.5 Å². The Bertz CT molecular complexity index is 815. The van der Waals surface area contributed by atoms with Gasteiger partial charge in [-0.1, -0.05) is 17.3 Å². The number of carbonyl (C=O) groups is 1. The molecule has 0 spiro atoms. The fraction of sp³-hybridized carbons (Fsp3) is 0.278. The van der Waals surface area contributed by atoms with Crippen LogP contribution in [0.1, 0.15) is 17.9 Å². The van der Waals surface area contributed by atoms with E-state index in [1.165, 1.54) is 0 Å². The van der Waals surface area contributed by atoms with Crippen molar-refractivity contribution in [2.24, 2.45) is 0 Å². The van der Waals surface area contributed by atoms with Gasteiger partial charge in [0.15, 0.2) is 0 Å². The number of aromatic nitrogens is 2. The van der Waals surface area contributed by atoms with Crippen LogP contribution in [0.4, 0.5) is 0 Å². The highest BCUT2D eigenvalue weighted by atomic mass is 32.1. The summed E-state index contributed by atoms with van der Waals surface area (Å²) in [5, 5.41) is 10.7. The molecule has 0 atom stereocenters. The molecule has 0 aliphatic carbocycles. The van der Waals surface area contributed by atoms with E-state index in [4.69, 9.17) is 9.26 Å². The number of nitrogens with one attached hydrogen (secondary N) is 1. The second-order valence-electron chi connectivity index (χ2n) is 5.54. The van der Waals surface area contributed by atoms with Gasteiger partial charge in [-0.3, -0.25) is 4.79 Å². The summed E-state index contributed by atoms with van der Waals surface area (Å²) in [5.41, 5.74) is 2.07. The molecule has 6 nitrogen and oxygen atoms in total. The Morgan fingerprint density at radius 1 is 1.36 bits per heavy atom. The fourth-order valence-electron chi connectivity index (χ4n) is 2.24. The number of nitrogens with zero attached hydrogens (tertiary/aromatic N) is 2. The third-order valence-corrected chi connectivity index (χ3v) is 4.18. The Balaban J connectivity index is 1.35. The number of aryl methyl sites for hydroxylation is 2. The molecule has 1 N–H and O–H groups in total. The van der Waals surface area contributed by atoms with Gasteiger partial charge in [-0.05, 0) is 36.1 Å². The first-order valence-electron chi connectivity index (χ1n) is 8.02. The third kappa shape index (κ3) is 5.15. The highest BCUT2D eigenvalue weighted by molar-refractivity contribution is 7.08. The minimum absolute atomic E-state index is 0.0666. The van der Waals surface area contributed by atoms with Gasteiger partial charge in [0.1, 0.15) is 12.4 Å². The molecule has 0 saturated heterocycles. The van der Waals surface area contributed by atoms with Crippen molar-refractivity contribution >= 4 is 17.2 Å². The van der Waals surface area contributed by atoms with Crippen molar-refractivity contribution in [3.63, 3.8) is 0 Å². The molecule has 0 radical (unpaired) electrons. The number of amides is 1. The first-order chi connectivity index (χ1) is 12.2. The van der Waals surface area contributed by atoms with Crippen LogP contribution in [-0.2, 0) is 11.2 Å². The van der Waals surface area contributed by atoms with Gasteiger partial charge in [0, 0.05) is 23.8 Å². The normalized spacial score (nSPS) is 10.6. The number of hydrogen-bond donors (Lipinski definition) is 1. The van der Waals surface area contributed by atoms with Crippen molar-refractivity contribution in [3.05, 3.63) is 52.5 Å². The van der Waals surface area contributed by atoms with E-state index in [-0.39, 0.29) is 5.91 Å². The van der Waals surface area contributed by atoms with Gasteiger partial charge >= 0.3 is 0 Å². The van der Waals surface area contributed by atoms with Gasteiger partial charge in [0.25, 0.3) is 0 Å². The van der Waals surface area contributed by atoms with Crippen LogP contribution in [0.2, 0.25) is 0 Å². The number of carbonyl (C=O) groups excluding carboxylic acids is 1. The SMILES string of the molecule is Cc1cccc(OCCNC(=O)CCc2nc(-c3ccsc3)no2)c1. The molecule has 1 amide bonds. The second kappa shape index (κ2) is 8.43. The predicted molar refractivity (Wildman–Crippen MR) is 95.6 cm³/mol. The van der Waals surface area contributed by atoms with Crippen molar-refractivity contribution in [2.75, 3.05) is 13.2 Å². The lowest BCUT2D eigenvalue weighted by molar-refractivity contribution is -0.121. The van der Waals surface area contributed by atoms with Crippen LogP contribution < -0.4 is 10.1 Å². The van der Waals surface area contributed by atoms with Crippen LogP contribution in [0.5, 0.6) is 5.75 Å². The molecule has 3 aromatic rings. The van der Waals surface area contributed by atoms with Gasteiger partial charge < -0.3 is 14.6 Å². The molecule has 0 saturated carbocycles. The largest absolute Gasteiger partial charge is 0.492 e. The van der Waals surface area contributed by atoms with Crippen molar-refractivity contribution < 1.29 is 14.1 Å². The molecular formula is C18H19N3O3S. The second-order valence-corrected chi connectivity index (χ2v) is 6.32. The zero-order valence-electron chi connectivity index (χ0n) is 13.9. The van der Waals surface area contributed by atoms with Crippen LogP contribution >= 0.6 is 11.3 Å². The smallest absolute Gasteiger partial charge is 0.227 e. The molecular weight excluding hydrogens is 338 g/mol. The number of benzene rings is 1. The minimum Gasteiger partial charge on any atom is -0.492 e. The molecule has 0 fully saturated rings. The summed E-state index contributed by atoms with van der Waals surface area (Å²) in [5.74, 6) is 1.76. The molecule has 130 valence electrons. The number of thiophene rings is 1. The lowest BCUT2D eigenvalue weighted by Gasteiger charge is -2.07. The average Bonchev–Trinajstić information content (AvgIpc) is 3.28. The lowest BCUT2D eigenvalue weighted by Crippen LogP contribution is -2.28. The lowest BCUT2D eigenvalue weighted by atomic mass is 10.2. The fourth-order valence-corrected chi connectivity index (χ4v) is 2.87. The molecule has 2 heterocycles. The van der Waals surface area contributed by atoms with Crippen LogP contribution in [-0.4, -0.2) is 29.2 Å². The zero-order valence-corrected chi connectivity index (χ0v) is 14.7. The maximum absolute atomic E-state index is 11.9. The van der Waals surface area contributed by atoms with Crippen molar-refractivity contribution in [2.45, 2.75) is 19.8 Å². The molecule has 0 aliphatic heterocycles. The quantitative estimate of drug-likeness (QED) is 0.626. The van der Waals surface area contributed by atoms with Crippen molar-refractivity contribution in [3.8, 4) is 17.1 Å². The maximum Gasteiger partial charge on any atom is 0.227 e. The molecule has 3 rings (SSSR count). The summed E-state index contributed by atoms with van der Waals surface area (Å²) >= 11 is 1.57. The van der Waals surface area contributed by atoms with E-state index in [1.807, 2.05) is 48.0 Å². The monoisotopic (exact) mass is 357 g/mol. The van der Waals surface area contributed by atoms with Gasteiger partial charge in [0.05, 0.1) is 6.54 Å². The highest BCUT2D eigenvalue weighted by Crippen LogP contribution is 2.19. The summed E-state index contributed by atoms with van der Waals surface area (Å²) in [4.78, 5) is 16.2. The van der Waals surface area contributed by atoms with Gasteiger partial charge in [-0.25, -0.2) is 0 Å². The summed E-state index contributed by atoms with van der Waals surface area (Å²) < 4.78 is 10.8. The van der Waals surface area contributed by atoms with Gasteiger partial charge in [-0.15, -0.1) is 0 Å². The van der Waals surface area contributed by atoms with E-state index in [0.717, 1.165) is 16.9 Å². The van der Waals surface area contributed by atoms with Crippen LogP contribution in [0.3, 0.4) is 0 Å². The highest BCUT2D eigenvalue weighted by Gasteiger charge is 2.10. The predicted octanol–water partition coefficient (Wildman–Crippen LogP) is 3.23. The molecule has 7 heteroatoms. The van der Waals surface area contributed by atoms with E-state index in [9.17, 15) is 4.79 Å². The Kier molecular flexibility index (Phi) is 5.79. The molecule has 0 aliphatic rings. The summed E-state index contributed by atoms with van der Waals surface area (Å²) in [6.07, 6.45) is 0.720. The van der Waals surface area contributed by atoms with E-state index in [1.54, 1.807) is 11.3 Å². The van der Waals surface area contributed by atoms with Gasteiger partial charge in [-0.2, -0.15) is 16.3 Å².